The van der Waals surface area contributed by atoms with Crippen molar-refractivity contribution in [3.8, 4) is 5.69 Å². The van der Waals surface area contributed by atoms with Gasteiger partial charge in [-0.15, -0.1) is 0 Å². The van der Waals surface area contributed by atoms with Gasteiger partial charge in [0.25, 0.3) is 5.56 Å². The van der Waals surface area contributed by atoms with E-state index in [0.717, 1.165) is 15.8 Å². The molecule has 0 saturated carbocycles. The third kappa shape index (κ3) is 5.28. The minimum absolute atomic E-state index is 0.0282. The lowest BCUT2D eigenvalue weighted by Crippen LogP contribution is -2.55. The van der Waals surface area contributed by atoms with Crippen LogP contribution in [0.5, 0.6) is 0 Å². The molecule has 0 spiro atoms. The normalized spacial score (nSPS) is 17.1. The number of rotatable bonds is 4. The van der Waals surface area contributed by atoms with Gasteiger partial charge in [-0.3, -0.25) is 14.3 Å². The first-order valence-corrected chi connectivity index (χ1v) is 13.3. The second-order valence-corrected chi connectivity index (χ2v) is 10.6. The quantitative estimate of drug-likeness (QED) is 0.317. The highest BCUT2D eigenvalue weighted by atomic mass is 79.9. The number of urea groups is 1. The fourth-order valence-electron chi connectivity index (χ4n) is 4.83. The van der Waals surface area contributed by atoms with Crippen molar-refractivity contribution in [1.82, 2.24) is 19.4 Å². The van der Waals surface area contributed by atoms with Crippen molar-refractivity contribution in [2.45, 2.75) is 25.9 Å². The van der Waals surface area contributed by atoms with Gasteiger partial charge in [0.15, 0.2) is 0 Å². The molecule has 2 heterocycles. The van der Waals surface area contributed by atoms with Crippen LogP contribution in [-0.2, 0) is 0 Å². The average molecular weight is 581 g/mol. The van der Waals surface area contributed by atoms with Gasteiger partial charge in [-0.05, 0) is 68.4 Å². The Morgan fingerprint density at radius 1 is 1.08 bits per heavy atom. The fourth-order valence-corrected chi connectivity index (χ4v) is 5.36. The van der Waals surface area contributed by atoms with Gasteiger partial charge in [-0.1, -0.05) is 45.7 Å². The number of carbonyl (C=O) groups is 1. The average Bonchev–Trinajstić information content (AvgIpc) is 2.89. The van der Waals surface area contributed by atoms with Crippen molar-refractivity contribution in [1.29, 1.82) is 0 Å². The van der Waals surface area contributed by atoms with E-state index in [1.54, 1.807) is 22.8 Å². The van der Waals surface area contributed by atoms with Crippen molar-refractivity contribution in [2.75, 3.05) is 25.0 Å². The zero-order valence-electron chi connectivity index (χ0n) is 20.6. The van der Waals surface area contributed by atoms with Gasteiger partial charge in [-0.2, -0.15) is 0 Å². The Bertz CT molecular complexity index is 1510. The second-order valence-electron chi connectivity index (χ2n) is 9.26. The Balaban J connectivity index is 1.42. The number of nitrogens with zero attached hydrogens (tertiary/aromatic N) is 4. The lowest BCUT2D eigenvalue weighted by Gasteiger charge is -2.42. The Kier molecular flexibility index (Phi) is 7.33. The molecule has 7 nitrogen and oxygen atoms in total. The SMILES string of the molecule is CC(c1nc2ccccc2c(=O)n1-c1ccc(Cl)cc1)N1CCN(C(=O)Nc2cccc(Br)c2)C(C)C1. The molecular weight excluding hydrogens is 554 g/mol. The lowest BCUT2D eigenvalue weighted by atomic mass is 10.1. The molecule has 3 aromatic carbocycles. The number of hydrogen-bond acceptors (Lipinski definition) is 4. The summed E-state index contributed by atoms with van der Waals surface area (Å²) in [7, 11) is 0. The van der Waals surface area contributed by atoms with Gasteiger partial charge in [0.05, 0.1) is 22.6 Å². The van der Waals surface area contributed by atoms with E-state index < -0.39 is 0 Å². The Hall–Kier alpha value is -3.20. The minimum Gasteiger partial charge on any atom is -0.319 e. The van der Waals surface area contributed by atoms with Crippen LogP contribution in [0.2, 0.25) is 5.02 Å². The van der Waals surface area contributed by atoms with Crippen molar-refractivity contribution < 1.29 is 4.79 Å². The Morgan fingerprint density at radius 2 is 1.84 bits per heavy atom. The summed E-state index contributed by atoms with van der Waals surface area (Å²) in [5.41, 5.74) is 2.01. The van der Waals surface area contributed by atoms with Crippen LogP contribution in [0, 0.1) is 0 Å². The summed E-state index contributed by atoms with van der Waals surface area (Å²) in [6, 6.07) is 21.9. The minimum atomic E-state index is -0.161. The summed E-state index contributed by atoms with van der Waals surface area (Å²) < 4.78 is 2.59. The van der Waals surface area contributed by atoms with E-state index in [0.29, 0.717) is 41.4 Å². The number of benzene rings is 3. The molecule has 0 bridgehead atoms. The molecule has 0 radical (unpaired) electrons. The maximum absolute atomic E-state index is 13.6. The highest BCUT2D eigenvalue weighted by Crippen LogP contribution is 2.26. The van der Waals surface area contributed by atoms with Gasteiger partial charge < -0.3 is 10.2 Å². The van der Waals surface area contributed by atoms with Gasteiger partial charge in [0.1, 0.15) is 5.82 Å². The molecule has 1 fully saturated rings. The number of carbonyl (C=O) groups excluding carboxylic acids is 1. The molecule has 5 rings (SSSR count). The maximum Gasteiger partial charge on any atom is 0.322 e. The first-order valence-electron chi connectivity index (χ1n) is 12.2. The molecule has 2 amide bonds. The maximum atomic E-state index is 13.6. The van der Waals surface area contributed by atoms with E-state index >= 15 is 0 Å². The van der Waals surface area contributed by atoms with Crippen LogP contribution in [0.4, 0.5) is 10.5 Å². The predicted molar refractivity (Wildman–Crippen MR) is 152 cm³/mol. The standard InChI is InChI=1S/C28H27BrClN5O2/c1-18-17-33(14-15-34(18)28(37)31-22-7-5-6-20(29)16-22)19(2)26-32-25-9-4-3-8-24(25)27(36)35(26)23-12-10-21(30)11-13-23/h3-13,16,18-19H,14-15,17H2,1-2H3,(H,31,37). The topological polar surface area (TPSA) is 70.5 Å². The molecule has 4 aromatic rings. The third-order valence-electron chi connectivity index (χ3n) is 6.80. The number of fused-ring (bicyclic) bond motifs is 1. The number of halogens is 2. The van der Waals surface area contributed by atoms with Crippen LogP contribution >= 0.6 is 27.5 Å². The summed E-state index contributed by atoms with van der Waals surface area (Å²) in [5, 5.41) is 4.16. The molecule has 1 saturated heterocycles. The van der Waals surface area contributed by atoms with E-state index in [-0.39, 0.29) is 23.7 Å². The molecule has 2 atom stereocenters. The molecule has 37 heavy (non-hydrogen) atoms. The van der Waals surface area contributed by atoms with E-state index in [1.807, 2.05) is 66.4 Å². The number of aromatic nitrogens is 2. The lowest BCUT2D eigenvalue weighted by molar-refractivity contribution is 0.0801. The molecule has 1 N–H and O–H groups in total. The van der Waals surface area contributed by atoms with Crippen LogP contribution in [0.3, 0.4) is 0 Å². The number of para-hydroxylation sites is 1. The largest absolute Gasteiger partial charge is 0.322 e. The number of hydrogen-bond donors (Lipinski definition) is 1. The summed E-state index contributed by atoms with van der Waals surface area (Å²) >= 11 is 9.56. The van der Waals surface area contributed by atoms with E-state index in [9.17, 15) is 9.59 Å². The summed E-state index contributed by atoms with van der Waals surface area (Å²) in [6.07, 6.45) is 0. The smallest absolute Gasteiger partial charge is 0.319 e. The first kappa shape index (κ1) is 25.4. The summed E-state index contributed by atoms with van der Waals surface area (Å²) in [4.78, 5) is 35.7. The zero-order chi connectivity index (χ0) is 26.1. The van der Waals surface area contributed by atoms with Crippen molar-refractivity contribution in [3.63, 3.8) is 0 Å². The second kappa shape index (κ2) is 10.7. The van der Waals surface area contributed by atoms with Gasteiger partial charge in [0.2, 0.25) is 0 Å². The fraction of sp³-hybridized carbons (Fsp3) is 0.250. The summed E-state index contributed by atoms with van der Waals surface area (Å²) in [6.45, 7) is 5.97. The van der Waals surface area contributed by atoms with Gasteiger partial charge >= 0.3 is 6.03 Å². The van der Waals surface area contributed by atoms with E-state index in [4.69, 9.17) is 16.6 Å². The number of amides is 2. The molecule has 0 aliphatic carbocycles. The number of nitrogens with one attached hydrogen (secondary N) is 1. The highest BCUT2D eigenvalue weighted by molar-refractivity contribution is 9.10. The van der Waals surface area contributed by atoms with Crippen molar-refractivity contribution in [2.24, 2.45) is 0 Å². The van der Waals surface area contributed by atoms with Crippen molar-refractivity contribution in [3.05, 3.63) is 98.5 Å². The van der Waals surface area contributed by atoms with Crippen LogP contribution in [0.1, 0.15) is 25.7 Å². The van der Waals surface area contributed by atoms with Gasteiger partial charge in [0, 0.05) is 40.9 Å². The molecular formula is C28H27BrClN5O2. The molecule has 2 unspecified atom stereocenters. The van der Waals surface area contributed by atoms with Gasteiger partial charge in [-0.25, -0.2) is 9.78 Å². The van der Waals surface area contributed by atoms with Crippen molar-refractivity contribution >= 4 is 50.2 Å². The Labute approximate surface area is 228 Å². The van der Waals surface area contributed by atoms with Crippen LogP contribution in [0.25, 0.3) is 16.6 Å². The first-order chi connectivity index (χ1) is 17.8. The van der Waals surface area contributed by atoms with Crippen LogP contribution < -0.4 is 10.9 Å². The van der Waals surface area contributed by atoms with Crippen LogP contribution in [-0.4, -0.2) is 51.1 Å². The molecule has 9 heteroatoms. The molecule has 190 valence electrons. The van der Waals surface area contributed by atoms with Crippen LogP contribution in [0.15, 0.2) is 82.1 Å². The molecule has 1 aliphatic rings. The zero-order valence-corrected chi connectivity index (χ0v) is 22.9. The number of anilines is 1. The molecule has 1 aromatic heterocycles. The van der Waals surface area contributed by atoms with E-state index in [1.165, 1.54) is 0 Å². The molecule has 1 aliphatic heterocycles. The van der Waals surface area contributed by atoms with E-state index in [2.05, 4.69) is 33.1 Å². The summed E-state index contributed by atoms with van der Waals surface area (Å²) in [5.74, 6) is 0.658. The Morgan fingerprint density at radius 3 is 2.57 bits per heavy atom. The monoisotopic (exact) mass is 579 g/mol. The predicted octanol–water partition coefficient (Wildman–Crippen LogP) is 6.10. The number of piperazine rings is 1. The highest BCUT2D eigenvalue weighted by Gasteiger charge is 2.32. The third-order valence-corrected chi connectivity index (χ3v) is 7.55.